The zero-order valence-corrected chi connectivity index (χ0v) is 15.3. The topological polar surface area (TPSA) is 119 Å². The average molecular weight is 384 g/mol. The molecule has 0 aliphatic heterocycles. The highest BCUT2D eigenvalue weighted by molar-refractivity contribution is 7.88. The van der Waals surface area contributed by atoms with Crippen LogP contribution in [0, 0.1) is 12.7 Å². The fourth-order valence-corrected chi connectivity index (χ4v) is 2.89. The van der Waals surface area contributed by atoms with Gasteiger partial charge >= 0.3 is 0 Å². The van der Waals surface area contributed by atoms with Gasteiger partial charge in [-0.1, -0.05) is 12.1 Å². The second-order valence-corrected chi connectivity index (χ2v) is 7.66. The standard InChI is InChI=1S/C15H21FN6O3S/c1-11-19-20-21-22(11)14(10-12-5-3-6-13(16)9-12)15(23)17-7-4-8-18-26(2,24)25/h3,5-6,9,14,18H,4,7-8,10H2,1-2H3,(H,17,23). The number of rotatable bonds is 9. The number of hydrogen-bond donors (Lipinski definition) is 2. The third-order valence-electron chi connectivity index (χ3n) is 3.59. The predicted molar refractivity (Wildman–Crippen MR) is 92.2 cm³/mol. The molecule has 9 nitrogen and oxygen atoms in total. The number of halogens is 1. The number of aromatic nitrogens is 4. The lowest BCUT2D eigenvalue weighted by Gasteiger charge is -2.17. The quantitative estimate of drug-likeness (QED) is 0.586. The van der Waals surface area contributed by atoms with Gasteiger partial charge in [0.1, 0.15) is 17.7 Å². The van der Waals surface area contributed by atoms with E-state index in [9.17, 15) is 17.6 Å². The number of aryl methyl sites for hydroxylation is 1. The van der Waals surface area contributed by atoms with Crippen molar-refractivity contribution in [3.63, 3.8) is 0 Å². The second kappa shape index (κ2) is 8.81. The van der Waals surface area contributed by atoms with Gasteiger partial charge in [0.2, 0.25) is 15.9 Å². The number of benzene rings is 1. The Morgan fingerprint density at radius 2 is 2.12 bits per heavy atom. The Morgan fingerprint density at radius 3 is 2.73 bits per heavy atom. The van der Waals surface area contributed by atoms with Gasteiger partial charge in [0.25, 0.3) is 0 Å². The van der Waals surface area contributed by atoms with E-state index in [0.29, 0.717) is 17.8 Å². The van der Waals surface area contributed by atoms with Crippen LogP contribution < -0.4 is 10.0 Å². The number of tetrazole rings is 1. The highest BCUT2D eigenvalue weighted by Crippen LogP contribution is 2.16. The molecule has 0 aliphatic carbocycles. The Labute approximate surface area is 151 Å². The van der Waals surface area contributed by atoms with E-state index < -0.39 is 16.1 Å². The molecule has 0 bridgehead atoms. The molecule has 0 spiro atoms. The maximum absolute atomic E-state index is 13.4. The van der Waals surface area contributed by atoms with Crippen LogP contribution in [0.15, 0.2) is 24.3 Å². The van der Waals surface area contributed by atoms with Crippen LogP contribution in [0.25, 0.3) is 0 Å². The molecular formula is C15H21FN6O3S. The Kier molecular flexibility index (Phi) is 6.75. The second-order valence-electron chi connectivity index (χ2n) is 5.83. The summed E-state index contributed by atoms with van der Waals surface area (Å²) in [5, 5.41) is 13.9. The van der Waals surface area contributed by atoms with Gasteiger partial charge in [-0.2, -0.15) is 0 Å². The number of nitrogens with zero attached hydrogens (tertiary/aromatic N) is 4. The largest absolute Gasteiger partial charge is 0.354 e. The molecule has 26 heavy (non-hydrogen) atoms. The number of nitrogens with one attached hydrogen (secondary N) is 2. The number of sulfonamides is 1. The van der Waals surface area contributed by atoms with Gasteiger partial charge in [-0.15, -0.1) is 5.10 Å². The summed E-state index contributed by atoms with van der Waals surface area (Å²) in [5.74, 6) is -0.258. The lowest BCUT2D eigenvalue weighted by molar-refractivity contribution is -0.124. The van der Waals surface area contributed by atoms with Gasteiger partial charge in [0.15, 0.2) is 0 Å². The Balaban J connectivity index is 2.02. The number of hydrogen-bond acceptors (Lipinski definition) is 6. The molecule has 1 aromatic heterocycles. The first kappa shape index (κ1) is 19.9. The highest BCUT2D eigenvalue weighted by Gasteiger charge is 2.24. The van der Waals surface area contributed by atoms with Crippen LogP contribution >= 0.6 is 0 Å². The van der Waals surface area contributed by atoms with E-state index in [1.54, 1.807) is 19.1 Å². The zero-order valence-electron chi connectivity index (χ0n) is 14.5. The Morgan fingerprint density at radius 1 is 1.35 bits per heavy atom. The van der Waals surface area contributed by atoms with Crippen LogP contribution in [0.2, 0.25) is 0 Å². The monoisotopic (exact) mass is 384 g/mol. The molecule has 1 heterocycles. The molecule has 11 heteroatoms. The SMILES string of the molecule is Cc1nnnn1C(Cc1cccc(F)c1)C(=O)NCCCNS(C)(=O)=O. The van der Waals surface area contributed by atoms with Crippen molar-refractivity contribution in [1.29, 1.82) is 0 Å². The van der Waals surface area contributed by atoms with Gasteiger partial charge in [-0.25, -0.2) is 22.2 Å². The van der Waals surface area contributed by atoms with E-state index in [-0.39, 0.29) is 31.2 Å². The van der Waals surface area contributed by atoms with Crippen LogP contribution in [0.5, 0.6) is 0 Å². The van der Waals surface area contributed by atoms with Crippen LogP contribution in [0.1, 0.15) is 23.9 Å². The lowest BCUT2D eigenvalue weighted by Crippen LogP contribution is -2.36. The van der Waals surface area contributed by atoms with Crippen LogP contribution in [-0.4, -0.2) is 53.9 Å². The average Bonchev–Trinajstić information content (AvgIpc) is 2.97. The maximum Gasteiger partial charge on any atom is 0.245 e. The van der Waals surface area contributed by atoms with Gasteiger partial charge in [0, 0.05) is 19.5 Å². The summed E-state index contributed by atoms with van der Waals surface area (Å²) in [6, 6.07) is 5.24. The summed E-state index contributed by atoms with van der Waals surface area (Å²) < 4.78 is 39.2. The molecule has 0 fully saturated rings. The smallest absolute Gasteiger partial charge is 0.245 e. The third-order valence-corrected chi connectivity index (χ3v) is 4.32. The molecule has 1 aromatic carbocycles. The van der Waals surface area contributed by atoms with Crippen LogP contribution in [0.3, 0.4) is 0 Å². The van der Waals surface area contributed by atoms with Crippen molar-refractivity contribution in [3.05, 3.63) is 41.5 Å². The van der Waals surface area contributed by atoms with E-state index in [4.69, 9.17) is 0 Å². The normalized spacial score (nSPS) is 12.7. The van der Waals surface area contributed by atoms with E-state index >= 15 is 0 Å². The molecule has 0 radical (unpaired) electrons. The summed E-state index contributed by atoms with van der Waals surface area (Å²) in [6.45, 7) is 2.17. The highest BCUT2D eigenvalue weighted by atomic mass is 32.2. The Bertz CT molecular complexity index is 855. The molecule has 2 N–H and O–H groups in total. The molecule has 1 atom stereocenters. The van der Waals surface area contributed by atoms with E-state index in [2.05, 4.69) is 25.6 Å². The molecule has 142 valence electrons. The maximum atomic E-state index is 13.4. The number of carbonyl (C=O) groups is 1. The van der Waals surface area contributed by atoms with Gasteiger partial charge in [-0.05, 0) is 41.5 Å². The van der Waals surface area contributed by atoms with Crippen LogP contribution in [0.4, 0.5) is 4.39 Å². The minimum Gasteiger partial charge on any atom is -0.354 e. The van der Waals surface area contributed by atoms with E-state index in [1.807, 2.05) is 0 Å². The van der Waals surface area contributed by atoms with Crippen molar-refractivity contribution >= 4 is 15.9 Å². The first-order chi connectivity index (χ1) is 12.3. The summed E-state index contributed by atoms with van der Waals surface area (Å²) >= 11 is 0. The predicted octanol–water partition coefficient (Wildman–Crippen LogP) is -0.0401. The van der Waals surface area contributed by atoms with E-state index in [1.165, 1.54) is 16.8 Å². The number of amides is 1. The summed E-state index contributed by atoms with van der Waals surface area (Å²) in [5.41, 5.74) is 0.638. The molecule has 0 saturated heterocycles. The van der Waals surface area contributed by atoms with Crippen molar-refractivity contribution in [2.45, 2.75) is 25.8 Å². The van der Waals surface area contributed by atoms with E-state index in [0.717, 1.165) is 6.26 Å². The molecule has 0 saturated carbocycles. The van der Waals surface area contributed by atoms with Gasteiger partial charge in [0.05, 0.1) is 6.26 Å². The van der Waals surface area contributed by atoms with Crippen molar-refractivity contribution in [1.82, 2.24) is 30.2 Å². The first-order valence-electron chi connectivity index (χ1n) is 7.97. The molecule has 0 aliphatic rings. The third kappa shape index (κ3) is 6.15. The minimum atomic E-state index is -3.26. The molecule has 1 amide bonds. The fraction of sp³-hybridized carbons (Fsp3) is 0.467. The molecule has 2 rings (SSSR count). The van der Waals surface area contributed by atoms with Gasteiger partial charge in [-0.3, -0.25) is 4.79 Å². The minimum absolute atomic E-state index is 0.219. The molecular weight excluding hydrogens is 363 g/mol. The van der Waals surface area contributed by atoms with Gasteiger partial charge < -0.3 is 5.32 Å². The summed E-state index contributed by atoms with van der Waals surface area (Å²) in [7, 11) is -3.26. The molecule has 1 unspecified atom stereocenters. The summed E-state index contributed by atoms with van der Waals surface area (Å²) in [6.07, 6.45) is 1.72. The molecule has 2 aromatic rings. The summed E-state index contributed by atoms with van der Waals surface area (Å²) in [4.78, 5) is 12.6. The van der Waals surface area contributed by atoms with Crippen molar-refractivity contribution in [3.8, 4) is 0 Å². The zero-order chi connectivity index (χ0) is 19.2. The van der Waals surface area contributed by atoms with Crippen molar-refractivity contribution < 1.29 is 17.6 Å². The van der Waals surface area contributed by atoms with Crippen LogP contribution in [-0.2, 0) is 21.2 Å². The first-order valence-corrected chi connectivity index (χ1v) is 9.86. The fourth-order valence-electron chi connectivity index (χ4n) is 2.38. The van der Waals surface area contributed by atoms with Crippen molar-refractivity contribution in [2.75, 3.05) is 19.3 Å². The lowest BCUT2D eigenvalue weighted by atomic mass is 10.0. The number of carbonyl (C=O) groups excluding carboxylic acids is 1. The Hall–Kier alpha value is -2.40. The van der Waals surface area contributed by atoms with Crippen molar-refractivity contribution in [2.24, 2.45) is 0 Å².